The summed E-state index contributed by atoms with van der Waals surface area (Å²) < 4.78 is 2.10. The van der Waals surface area contributed by atoms with Gasteiger partial charge in [0.2, 0.25) is 0 Å². The Hall–Kier alpha value is 0.390. The lowest BCUT2D eigenvalue weighted by molar-refractivity contribution is -0.116. The Balaban J connectivity index is 2.89. The molecule has 70 valence electrons. The topological polar surface area (TPSA) is 17.1 Å². The van der Waals surface area contributed by atoms with Gasteiger partial charge in [0, 0.05) is 14.5 Å². The first kappa shape index (κ1) is 11.5. The van der Waals surface area contributed by atoms with Crippen LogP contribution in [0.4, 0.5) is 0 Å². The highest BCUT2D eigenvalue weighted by atomic mass is 127. The Kier molecular flexibility index (Phi) is 4.69. The second-order valence-electron chi connectivity index (χ2n) is 2.56. The van der Waals surface area contributed by atoms with Crippen molar-refractivity contribution in [3.63, 3.8) is 0 Å². The van der Waals surface area contributed by atoms with E-state index in [0.717, 1.165) is 13.6 Å². The van der Waals surface area contributed by atoms with Crippen LogP contribution in [0.5, 0.6) is 0 Å². The average Bonchev–Trinajstić information content (AvgIpc) is 2.13. The first-order chi connectivity index (χ1) is 6.15. The molecule has 0 radical (unpaired) electrons. The van der Waals surface area contributed by atoms with Crippen molar-refractivity contribution in [3.05, 3.63) is 31.8 Å². The molecule has 0 bridgehead atoms. The molecule has 0 saturated carbocycles. The summed E-state index contributed by atoms with van der Waals surface area (Å²) in [6.07, 6.45) is 0.418. The number of benzene rings is 1. The van der Waals surface area contributed by atoms with Crippen molar-refractivity contribution in [2.75, 3.05) is 5.88 Å². The largest absolute Gasteiger partial charge is 0.298 e. The molecule has 0 amide bonds. The first-order valence-electron chi connectivity index (χ1n) is 3.65. The van der Waals surface area contributed by atoms with Crippen LogP contribution in [-0.4, -0.2) is 11.7 Å². The van der Waals surface area contributed by atoms with Crippen molar-refractivity contribution in [1.29, 1.82) is 0 Å². The van der Waals surface area contributed by atoms with Crippen molar-refractivity contribution in [3.8, 4) is 0 Å². The number of ketones is 1. The van der Waals surface area contributed by atoms with Crippen LogP contribution in [0.15, 0.2) is 22.7 Å². The predicted octanol–water partition coefficient (Wildman–Crippen LogP) is 3.40. The van der Waals surface area contributed by atoms with E-state index in [9.17, 15) is 4.79 Å². The summed E-state index contributed by atoms with van der Waals surface area (Å²) >= 11 is 11.0. The summed E-state index contributed by atoms with van der Waals surface area (Å²) in [4.78, 5) is 11.1. The van der Waals surface area contributed by atoms with Gasteiger partial charge in [0.25, 0.3) is 0 Å². The summed E-state index contributed by atoms with van der Waals surface area (Å²) in [6, 6.07) is 5.82. The van der Waals surface area contributed by atoms with Crippen LogP contribution in [0.1, 0.15) is 5.56 Å². The van der Waals surface area contributed by atoms with E-state index < -0.39 is 0 Å². The lowest BCUT2D eigenvalue weighted by atomic mass is 10.1. The number of carbonyl (C=O) groups is 1. The molecule has 0 aliphatic rings. The lowest BCUT2D eigenvalue weighted by Crippen LogP contribution is -2.05. The number of alkyl halides is 1. The smallest absolute Gasteiger partial charge is 0.151 e. The van der Waals surface area contributed by atoms with Crippen LogP contribution >= 0.6 is 50.1 Å². The van der Waals surface area contributed by atoms with Gasteiger partial charge < -0.3 is 0 Å². The second-order valence-corrected chi connectivity index (χ2v) is 4.76. The Bertz CT molecular complexity index is 327. The van der Waals surface area contributed by atoms with E-state index in [1.165, 1.54) is 0 Å². The van der Waals surface area contributed by atoms with Gasteiger partial charge in [0.05, 0.1) is 5.88 Å². The van der Waals surface area contributed by atoms with Gasteiger partial charge in [-0.25, -0.2) is 0 Å². The molecule has 1 aromatic carbocycles. The van der Waals surface area contributed by atoms with E-state index in [1.54, 1.807) is 0 Å². The van der Waals surface area contributed by atoms with Gasteiger partial charge in [0.1, 0.15) is 0 Å². The van der Waals surface area contributed by atoms with Gasteiger partial charge >= 0.3 is 0 Å². The van der Waals surface area contributed by atoms with Crippen LogP contribution in [0.25, 0.3) is 0 Å². The fourth-order valence-electron chi connectivity index (χ4n) is 0.945. The Morgan fingerprint density at radius 1 is 1.54 bits per heavy atom. The molecule has 0 atom stereocenters. The molecular weight excluding hydrogens is 366 g/mol. The van der Waals surface area contributed by atoms with Gasteiger partial charge in [-0.2, -0.15) is 0 Å². The standard InChI is InChI=1S/C9H7BrClIO/c10-8-3-1-2-6(9(8)12)4-7(13)5-11/h1-3H,4-5H2. The summed E-state index contributed by atoms with van der Waals surface area (Å²) in [5.74, 6) is 0.139. The molecule has 0 N–H and O–H groups in total. The SMILES string of the molecule is O=C(CCl)Cc1cccc(Br)c1I. The summed E-state index contributed by atoms with van der Waals surface area (Å²) in [7, 11) is 0. The van der Waals surface area contributed by atoms with Gasteiger partial charge in [-0.3, -0.25) is 4.79 Å². The molecule has 1 rings (SSSR count). The van der Waals surface area contributed by atoms with E-state index in [1.807, 2.05) is 18.2 Å². The third-order valence-corrected chi connectivity index (χ3v) is 4.54. The van der Waals surface area contributed by atoms with Crippen molar-refractivity contribution in [1.82, 2.24) is 0 Å². The zero-order valence-electron chi connectivity index (χ0n) is 6.69. The Morgan fingerprint density at radius 2 is 2.23 bits per heavy atom. The summed E-state index contributed by atoms with van der Waals surface area (Å²) in [5, 5.41) is 0. The second kappa shape index (κ2) is 5.32. The quantitative estimate of drug-likeness (QED) is 0.586. The molecule has 0 spiro atoms. The van der Waals surface area contributed by atoms with Gasteiger partial charge in [-0.05, 0) is 50.2 Å². The predicted molar refractivity (Wildman–Crippen MR) is 66.3 cm³/mol. The van der Waals surface area contributed by atoms with E-state index in [2.05, 4.69) is 38.5 Å². The molecule has 0 aliphatic carbocycles. The molecule has 0 heterocycles. The maximum Gasteiger partial charge on any atom is 0.151 e. The number of halogens is 3. The molecule has 13 heavy (non-hydrogen) atoms. The molecule has 0 saturated heterocycles. The molecule has 1 aromatic rings. The highest BCUT2D eigenvalue weighted by Gasteiger charge is 2.07. The normalized spacial score (nSPS) is 10.1. The van der Waals surface area contributed by atoms with Crippen molar-refractivity contribution < 1.29 is 4.79 Å². The molecule has 0 aliphatic heterocycles. The van der Waals surface area contributed by atoms with Crippen molar-refractivity contribution in [2.45, 2.75) is 6.42 Å². The van der Waals surface area contributed by atoms with E-state index in [4.69, 9.17) is 11.6 Å². The molecule has 0 aromatic heterocycles. The Morgan fingerprint density at radius 3 is 2.85 bits per heavy atom. The maximum absolute atomic E-state index is 11.1. The van der Waals surface area contributed by atoms with Crippen molar-refractivity contribution >= 4 is 55.9 Å². The van der Waals surface area contributed by atoms with Gasteiger partial charge in [0.15, 0.2) is 5.78 Å². The van der Waals surface area contributed by atoms with Gasteiger partial charge in [-0.15, -0.1) is 11.6 Å². The van der Waals surface area contributed by atoms with Crippen LogP contribution < -0.4 is 0 Å². The van der Waals surface area contributed by atoms with Crippen LogP contribution in [0.3, 0.4) is 0 Å². The first-order valence-corrected chi connectivity index (χ1v) is 6.06. The summed E-state index contributed by atoms with van der Waals surface area (Å²) in [5.41, 5.74) is 1.03. The summed E-state index contributed by atoms with van der Waals surface area (Å²) in [6.45, 7) is 0. The number of hydrogen-bond acceptors (Lipinski definition) is 1. The molecular formula is C9H7BrClIO. The van der Waals surface area contributed by atoms with E-state index >= 15 is 0 Å². The lowest BCUT2D eigenvalue weighted by Gasteiger charge is -2.03. The molecule has 4 heteroatoms. The number of rotatable bonds is 3. The zero-order valence-corrected chi connectivity index (χ0v) is 11.2. The molecule has 0 unspecified atom stereocenters. The molecule has 1 nitrogen and oxygen atoms in total. The monoisotopic (exact) mass is 372 g/mol. The third-order valence-electron chi connectivity index (χ3n) is 1.57. The molecule has 0 fully saturated rings. The van der Waals surface area contributed by atoms with E-state index in [-0.39, 0.29) is 11.7 Å². The van der Waals surface area contributed by atoms with E-state index in [0.29, 0.717) is 6.42 Å². The highest BCUT2D eigenvalue weighted by molar-refractivity contribution is 14.1. The fraction of sp³-hybridized carbons (Fsp3) is 0.222. The zero-order chi connectivity index (χ0) is 9.84. The number of Topliss-reactive ketones (excluding diaryl/α,β-unsaturated/α-hetero) is 1. The minimum absolute atomic E-state index is 0.0534. The van der Waals surface area contributed by atoms with Crippen LogP contribution in [-0.2, 0) is 11.2 Å². The minimum atomic E-state index is 0.0534. The van der Waals surface area contributed by atoms with Crippen LogP contribution in [0, 0.1) is 3.57 Å². The maximum atomic E-state index is 11.1. The third kappa shape index (κ3) is 3.22. The van der Waals surface area contributed by atoms with Crippen molar-refractivity contribution in [2.24, 2.45) is 0 Å². The van der Waals surface area contributed by atoms with Crippen LogP contribution in [0.2, 0.25) is 0 Å². The minimum Gasteiger partial charge on any atom is -0.298 e. The average molecular weight is 373 g/mol. The fourth-order valence-corrected chi connectivity index (χ4v) is 2.00. The highest BCUT2D eigenvalue weighted by Crippen LogP contribution is 2.22. The Labute approximate surface area is 104 Å². The van der Waals surface area contributed by atoms with Gasteiger partial charge in [-0.1, -0.05) is 12.1 Å². The number of carbonyl (C=O) groups excluding carboxylic acids is 1. The number of hydrogen-bond donors (Lipinski definition) is 0.